The number of anilines is 1. The highest BCUT2D eigenvalue weighted by Crippen LogP contribution is 2.21. The van der Waals surface area contributed by atoms with Crippen molar-refractivity contribution in [3.8, 4) is 0 Å². The number of nitrogens with zero attached hydrogens (tertiary/aromatic N) is 2. The van der Waals surface area contributed by atoms with Gasteiger partial charge in [-0.25, -0.2) is 4.98 Å². The first-order valence-electron chi connectivity index (χ1n) is 5.96. The Morgan fingerprint density at radius 1 is 1.20 bits per heavy atom. The van der Waals surface area contributed by atoms with Crippen LogP contribution in [0.5, 0.6) is 0 Å². The fraction of sp³-hybridized carbons (Fsp3) is 0.143. The van der Waals surface area contributed by atoms with Gasteiger partial charge in [-0.05, 0) is 43.2 Å². The van der Waals surface area contributed by atoms with E-state index in [1.807, 2.05) is 6.92 Å². The number of hydrogen-bond acceptors (Lipinski definition) is 4. The van der Waals surface area contributed by atoms with E-state index in [0.717, 1.165) is 11.1 Å². The number of aromatic nitrogens is 1. The average molecular weight is 271 g/mol. The summed E-state index contributed by atoms with van der Waals surface area (Å²) in [5.74, 6) is -0.177. The summed E-state index contributed by atoms with van der Waals surface area (Å²) in [4.78, 5) is 26.5. The predicted octanol–water partition coefficient (Wildman–Crippen LogP) is 2.86. The second-order valence-corrected chi connectivity index (χ2v) is 4.45. The van der Waals surface area contributed by atoms with Crippen molar-refractivity contribution >= 4 is 17.4 Å². The second kappa shape index (κ2) is 5.48. The maximum absolute atomic E-state index is 12.1. The van der Waals surface area contributed by atoms with E-state index in [4.69, 9.17) is 0 Å². The summed E-state index contributed by atoms with van der Waals surface area (Å²) >= 11 is 0. The molecule has 2 rings (SSSR count). The lowest BCUT2D eigenvalue weighted by molar-refractivity contribution is -0.385. The van der Waals surface area contributed by atoms with E-state index < -0.39 is 10.8 Å². The van der Waals surface area contributed by atoms with E-state index in [-0.39, 0.29) is 11.3 Å². The molecule has 2 aromatic rings. The molecule has 102 valence electrons. The van der Waals surface area contributed by atoms with Crippen LogP contribution in [-0.4, -0.2) is 15.8 Å². The highest BCUT2D eigenvalue weighted by Gasteiger charge is 2.20. The van der Waals surface area contributed by atoms with Crippen LogP contribution in [0.4, 0.5) is 11.5 Å². The van der Waals surface area contributed by atoms with Crippen LogP contribution in [0.25, 0.3) is 0 Å². The fourth-order valence-corrected chi connectivity index (χ4v) is 1.78. The number of hydrogen-bond donors (Lipinski definition) is 1. The van der Waals surface area contributed by atoms with Crippen molar-refractivity contribution in [3.05, 3.63) is 63.3 Å². The molecule has 1 amide bonds. The molecule has 0 saturated heterocycles. The van der Waals surface area contributed by atoms with E-state index in [1.165, 1.54) is 12.1 Å². The number of nitro benzene ring substituents is 1. The van der Waals surface area contributed by atoms with Crippen molar-refractivity contribution in [2.75, 3.05) is 5.32 Å². The van der Waals surface area contributed by atoms with Crippen molar-refractivity contribution in [1.82, 2.24) is 4.98 Å². The number of nitrogens with one attached hydrogen (secondary N) is 1. The first-order valence-corrected chi connectivity index (χ1v) is 5.96. The Kier molecular flexibility index (Phi) is 3.74. The molecule has 0 aliphatic heterocycles. The SMILES string of the molecule is Cc1ccnc(NC(=O)c2cc(C)ccc2[N+](=O)[O-])c1. The minimum Gasteiger partial charge on any atom is -0.306 e. The number of nitro groups is 1. The number of carbonyl (C=O) groups excluding carboxylic acids is 1. The average Bonchev–Trinajstić information content (AvgIpc) is 2.38. The molecule has 0 radical (unpaired) electrons. The van der Waals surface area contributed by atoms with Crippen LogP contribution in [0.1, 0.15) is 21.5 Å². The molecule has 1 aromatic heterocycles. The number of pyridine rings is 1. The number of rotatable bonds is 3. The molecule has 1 aromatic carbocycles. The van der Waals surface area contributed by atoms with Crippen LogP contribution in [0, 0.1) is 24.0 Å². The van der Waals surface area contributed by atoms with Crippen molar-refractivity contribution in [3.63, 3.8) is 0 Å². The van der Waals surface area contributed by atoms with E-state index in [0.29, 0.717) is 5.82 Å². The summed E-state index contributed by atoms with van der Waals surface area (Å²) in [6.07, 6.45) is 1.57. The highest BCUT2D eigenvalue weighted by molar-refractivity contribution is 6.06. The van der Waals surface area contributed by atoms with Gasteiger partial charge < -0.3 is 5.32 Å². The van der Waals surface area contributed by atoms with Crippen LogP contribution in [-0.2, 0) is 0 Å². The number of amides is 1. The lowest BCUT2D eigenvalue weighted by atomic mass is 10.1. The monoisotopic (exact) mass is 271 g/mol. The van der Waals surface area contributed by atoms with Crippen molar-refractivity contribution < 1.29 is 9.72 Å². The Hall–Kier alpha value is -2.76. The minimum absolute atomic E-state index is 0.0262. The molecule has 0 spiro atoms. The van der Waals surface area contributed by atoms with Gasteiger partial charge in [0, 0.05) is 12.3 Å². The molecule has 0 bridgehead atoms. The number of benzene rings is 1. The molecule has 0 aliphatic carbocycles. The van der Waals surface area contributed by atoms with Gasteiger partial charge in [0.05, 0.1) is 4.92 Å². The molecular weight excluding hydrogens is 258 g/mol. The topological polar surface area (TPSA) is 85.1 Å². The molecule has 0 saturated carbocycles. The van der Waals surface area contributed by atoms with Crippen molar-refractivity contribution in [2.45, 2.75) is 13.8 Å². The Bertz CT molecular complexity index is 683. The normalized spacial score (nSPS) is 10.1. The highest BCUT2D eigenvalue weighted by atomic mass is 16.6. The molecule has 6 nitrogen and oxygen atoms in total. The third-order valence-electron chi connectivity index (χ3n) is 2.75. The molecule has 0 atom stereocenters. The molecular formula is C14H13N3O3. The van der Waals surface area contributed by atoms with Gasteiger partial charge >= 0.3 is 0 Å². The second-order valence-electron chi connectivity index (χ2n) is 4.45. The molecule has 0 aliphatic rings. The minimum atomic E-state index is -0.571. The third-order valence-corrected chi connectivity index (χ3v) is 2.75. The standard InChI is InChI=1S/C14H13N3O3/c1-9-3-4-12(17(19)20)11(7-9)14(18)16-13-8-10(2)5-6-15-13/h3-8H,1-2H3,(H,15,16,18). The molecule has 6 heteroatoms. The Labute approximate surface area is 115 Å². The predicted molar refractivity (Wildman–Crippen MR) is 74.8 cm³/mol. The van der Waals surface area contributed by atoms with Gasteiger partial charge in [0.1, 0.15) is 11.4 Å². The summed E-state index contributed by atoms with van der Waals surface area (Å²) in [6.45, 7) is 3.64. The Morgan fingerprint density at radius 3 is 2.55 bits per heavy atom. The number of aryl methyl sites for hydroxylation is 2. The van der Waals surface area contributed by atoms with Gasteiger partial charge in [-0.2, -0.15) is 0 Å². The van der Waals surface area contributed by atoms with Crippen molar-refractivity contribution in [1.29, 1.82) is 0 Å². The van der Waals surface area contributed by atoms with Gasteiger partial charge in [0.2, 0.25) is 0 Å². The van der Waals surface area contributed by atoms with Gasteiger partial charge in [-0.3, -0.25) is 14.9 Å². The van der Waals surface area contributed by atoms with E-state index in [9.17, 15) is 14.9 Å². The Morgan fingerprint density at radius 2 is 1.90 bits per heavy atom. The molecule has 1 heterocycles. The lowest BCUT2D eigenvalue weighted by Gasteiger charge is -2.06. The van der Waals surface area contributed by atoms with E-state index in [2.05, 4.69) is 10.3 Å². The zero-order valence-corrected chi connectivity index (χ0v) is 11.1. The quantitative estimate of drug-likeness (QED) is 0.687. The lowest BCUT2D eigenvalue weighted by Crippen LogP contribution is -2.15. The smallest absolute Gasteiger partial charge is 0.282 e. The summed E-state index contributed by atoms with van der Waals surface area (Å²) in [5, 5.41) is 13.5. The van der Waals surface area contributed by atoms with E-state index in [1.54, 1.807) is 31.3 Å². The van der Waals surface area contributed by atoms with Crippen LogP contribution in [0.2, 0.25) is 0 Å². The van der Waals surface area contributed by atoms with Crippen LogP contribution in [0.15, 0.2) is 36.5 Å². The zero-order chi connectivity index (χ0) is 14.7. The molecule has 0 unspecified atom stereocenters. The van der Waals surface area contributed by atoms with Crippen LogP contribution >= 0.6 is 0 Å². The molecule has 0 fully saturated rings. The van der Waals surface area contributed by atoms with Gasteiger partial charge in [0.25, 0.3) is 11.6 Å². The van der Waals surface area contributed by atoms with Crippen LogP contribution < -0.4 is 5.32 Å². The third kappa shape index (κ3) is 2.97. The number of carbonyl (C=O) groups is 1. The fourth-order valence-electron chi connectivity index (χ4n) is 1.78. The first kappa shape index (κ1) is 13.7. The maximum Gasteiger partial charge on any atom is 0.282 e. The molecule has 20 heavy (non-hydrogen) atoms. The van der Waals surface area contributed by atoms with Gasteiger partial charge in [-0.1, -0.05) is 6.07 Å². The Balaban J connectivity index is 2.34. The first-order chi connectivity index (χ1) is 9.47. The summed E-state index contributed by atoms with van der Waals surface area (Å²) < 4.78 is 0. The largest absolute Gasteiger partial charge is 0.306 e. The van der Waals surface area contributed by atoms with Gasteiger partial charge in [-0.15, -0.1) is 0 Å². The maximum atomic E-state index is 12.1. The van der Waals surface area contributed by atoms with Crippen molar-refractivity contribution in [2.24, 2.45) is 0 Å². The zero-order valence-electron chi connectivity index (χ0n) is 11.1. The summed E-state index contributed by atoms with van der Waals surface area (Å²) in [6, 6.07) is 7.90. The van der Waals surface area contributed by atoms with E-state index >= 15 is 0 Å². The van der Waals surface area contributed by atoms with Crippen LogP contribution in [0.3, 0.4) is 0 Å². The van der Waals surface area contributed by atoms with Gasteiger partial charge in [0.15, 0.2) is 0 Å². The molecule has 1 N–H and O–H groups in total. The summed E-state index contributed by atoms with van der Waals surface area (Å²) in [7, 11) is 0. The summed E-state index contributed by atoms with van der Waals surface area (Å²) in [5.41, 5.74) is 1.52.